The molecule has 1 N–H and O–H groups in total. The third kappa shape index (κ3) is 3.32. The van der Waals surface area contributed by atoms with Gasteiger partial charge in [0.15, 0.2) is 0 Å². The van der Waals surface area contributed by atoms with E-state index in [0.29, 0.717) is 18.1 Å². The van der Waals surface area contributed by atoms with Gasteiger partial charge in [0.2, 0.25) is 0 Å². The number of halogens is 1. The molecule has 5 heteroatoms. The minimum atomic E-state index is 0.157. The topological polar surface area (TPSA) is 47.3 Å². The first kappa shape index (κ1) is 14.9. The van der Waals surface area contributed by atoms with Crippen molar-refractivity contribution in [3.05, 3.63) is 46.2 Å². The monoisotopic (exact) mass is 294 g/mol. The highest BCUT2D eigenvalue weighted by Crippen LogP contribution is 2.22. The molecule has 0 bridgehead atoms. The quantitative estimate of drug-likeness (QED) is 0.891. The fraction of sp³-hybridized carbons (Fsp3) is 0.400. The van der Waals surface area contributed by atoms with Crippen molar-refractivity contribution in [2.75, 3.05) is 6.61 Å². The van der Waals surface area contributed by atoms with E-state index in [1.807, 2.05) is 38.2 Å². The summed E-state index contributed by atoms with van der Waals surface area (Å²) in [5.74, 6) is 0.780. The van der Waals surface area contributed by atoms with Crippen molar-refractivity contribution in [2.45, 2.75) is 26.4 Å². The second kappa shape index (κ2) is 6.77. The van der Waals surface area contributed by atoms with Crippen LogP contribution in [0.1, 0.15) is 23.9 Å². The smallest absolute Gasteiger partial charge is 0.131 e. The molecule has 2 aromatic rings. The lowest BCUT2D eigenvalue weighted by molar-refractivity contribution is 0.293. The Labute approximate surface area is 123 Å². The van der Waals surface area contributed by atoms with Gasteiger partial charge >= 0.3 is 0 Å². The van der Waals surface area contributed by atoms with Gasteiger partial charge in [0.25, 0.3) is 0 Å². The minimum Gasteiger partial charge on any atom is -0.487 e. The SMILES string of the molecule is CCc1nn(C)c(COc2ccc(CCO)cc2)c1Cl. The number of ether oxygens (including phenoxy) is 1. The lowest BCUT2D eigenvalue weighted by atomic mass is 10.1. The summed E-state index contributed by atoms with van der Waals surface area (Å²) in [5, 5.41) is 13.9. The average molecular weight is 295 g/mol. The molecule has 0 amide bonds. The van der Waals surface area contributed by atoms with Gasteiger partial charge in [-0.05, 0) is 30.5 Å². The van der Waals surface area contributed by atoms with E-state index in [1.165, 1.54) is 0 Å². The molecule has 0 spiro atoms. The van der Waals surface area contributed by atoms with E-state index in [0.717, 1.165) is 29.1 Å². The van der Waals surface area contributed by atoms with Crippen LogP contribution in [0.25, 0.3) is 0 Å². The molecule has 0 aliphatic heterocycles. The highest BCUT2D eigenvalue weighted by Gasteiger charge is 2.13. The Balaban J connectivity index is 2.03. The third-order valence-electron chi connectivity index (χ3n) is 3.20. The van der Waals surface area contributed by atoms with Crippen molar-refractivity contribution in [3.63, 3.8) is 0 Å². The van der Waals surface area contributed by atoms with Gasteiger partial charge in [-0.2, -0.15) is 5.10 Å². The van der Waals surface area contributed by atoms with Gasteiger partial charge in [-0.3, -0.25) is 4.68 Å². The number of aliphatic hydroxyl groups excluding tert-OH is 1. The Morgan fingerprint density at radius 3 is 2.55 bits per heavy atom. The van der Waals surface area contributed by atoms with Gasteiger partial charge in [-0.15, -0.1) is 0 Å². The maximum absolute atomic E-state index is 8.87. The van der Waals surface area contributed by atoms with Crippen LogP contribution in [-0.4, -0.2) is 21.5 Å². The average Bonchev–Trinajstić information content (AvgIpc) is 2.73. The zero-order valence-electron chi connectivity index (χ0n) is 11.8. The van der Waals surface area contributed by atoms with Crippen molar-refractivity contribution in [3.8, 4) is 5.75 Å². The number of aryl methyl sites for hydroxylation is 2. The van der Waals surface area contributed by atoms with Crippen LogP contribution in [0.4, 0.5) is 0 Å². The normalized spacial score (nSPS) is 10.8. The van der Waals surface area contributed by atoms with Crippen LogP contribution in [0.5, 0.6) is 5.75 Å². The first-order valence-electron chi connectivity index (χ1n) is 6.68. The molecule has 4 nitrogen and oxygen atoms in total. The van der Waals surface area contributed by atoms with Crippen molar-refractivity contribution in [2.24, 2.45) is 7.05 Å². The molecule has 2 rings (SSSR count). The van der Waals surface area contributed by atoms with E-state index in [2.05, 4.69) is 5.10 Å². The zero-order chi connectivity index (χ0) is 14.5. The first-order chi connectivity index (χ1) is 9.65. The summed E-state index contributed by atoms with van der Waals surface area (Å²) in [6.07, 6.45) is 1.47. The molecule has 0 atom stereocenters. The number of hydrogen-bond acceptors (Lipinski definition) is 3. The first-order valence-corrected chi connectivity index (χ1v) is 7.06. The van der Waals surface area contributed by atoms with Crippen LogP contribution in [0.15, 0.2) is 24.3 Å². The number of nitrogens with zero attached hydrogens (tertiary/aromatic N) is 2. The predicted octanol–water partition coefficient (Wildman–Crippen LogP) is 2.75. The van der Waals surface area contributed by atoms with E-state index >= 15 is 0 Å². The highest BCUT2D eigenvalue weighted by molar-refractivity contribution is 6.31. The molecular weight excluding hydrogens is 276 g/mol. The highest BCUT2D eigenvalue weighted by atomic mass is 35.5. The zero-order valence-corrected chi connectivity index (χ0v) is 12.5. The molecule has 1 aromatic carbocycles. The fourth-order valence-corrected chi connectivity index (χ4v) is 2.36. The maximum atomic E-state index is 8.87. The Kier molecular flexibility index (Phi) is 5.04. The number of aliphatic hydroxyl groups is 1. The van der Waals surface area contributed by atoms with Crippen molar-refractivity contribution in [1.82, 2.24) is 9.78 Å². The van der Waals surface area contributed by atoms with Crippen LogP contribution in [0.3, 0.4) is 0 Å². The van der Waals surface area contributed by atoms with Gasteiger partial charge in [0.05, 0.1) is 16.4 Å². The molecule has 0 fully saturated rings. The summed E-state index contributed by atoms with van der Waals surface area (Å²) in [7, 11) is 1.87. The summed E-state index contributed by atoms with van der Waals surface area (Å²) in [4.78, 5) is 0. The summed E-state index contributed by atoms with van der Waals surface area (Å²) in [6, 6.07) is 7.70. The lowest BCUT2D eigenvalue weighted by Gasteiger charge is -2.07. The van der Waals surface area contributed by atoms with Crippen LogP contribution in [0, 0.1) is 0 Å². The van der Waals surface area contributed by atoms with Crippen molar-refractivity contribution < 1.29 is 9.84 Å². The van der Waals surface area contributed by atoms with Crippen LogP contribution >= 0.6 is 11.6 Å². The van der Waals surface area contributed by atoms with E-state index in [1.54, 1.807) is 4.68 Å². The molecule has 108 valence electrons. The predicted molar refractivity (Wildman–Crippen MR) is 79.2 cm³/mol. The molecule has 0 radical (unpaired) electrons. The molecule has 20 heavy (non-hydrogen) atoms. The van der Waals surface area contributed by atoms with E-state index in [-0.39, 0.29) is 6.61 Å². The molecule has 0 aliphatic carbocycles. The number of rotatable bonds is 6. The standard InChI is InChI=1S/C15H19ClN2O2/c1-3-13-15(16)14(18(2)17-13)10-20-12-6-4-11(5-7-12)8-9-19/h4-7,19H,3,8-10H2,1-2H3. The lowest BCUT2D eigenvalue weighted by Crippen LogP contribution is -2.03. The fourth-order valence-electron chi connectivity index (χ4n) is 2.01. The van der Waals surface area contributed by atoms with E-state index in [9.17, 15) is 0 Å². The molecule has 1 aromatic heterocycles. The van der Waals surface area contributed by atoms with E-state index in [4.69, 9.17) is 21.4 Å². The minimum absolute atomic E-state index is 0.157. The Morgan fingerprint density at radius 2 is 2.00 bits per heavy atom. The second-order valence-electron chi connectivity index (χ2n) is 4.59. The summed E-state index contributed by atoms with van der Waals surface area (Å²) in [6.45, 7) is 2.57. The number of hydrogen-bond donors (Lipinski definition) is 1. The molecular formula is C15H19ClN2O2. The Bertz CT molecular complexity index is 564. The molecule has 0 aliphatic rings. The largest absolute Gasteiger partial charge is 0.487 e. The Hall–Kier alpha value is -1.52. The maximum Gasteiger partial charge on any atom is 0.131 e. The number of benzene rings is 1. The Morgan fingerprint density at radius 1 is 1.30 bits per heavy atom. The second-order valence-corrected chi connectivity index (χ2v) is 4.97. The summed E-state index contributed by atoms with van der Waals surface area (Å²) < 4.78 is 7.50. The number of aromatic nitrogens is 2. The van der Waals surface area contributed by atoms with Gasteiger partial charge < -0.3 is 9.84 Å². The van der Waals surface area contributed by atoms with E-state index < -0.39 is 0 Å². The van der Waals surface area contributed by atoms with Crippen LogP contribution in [-0.2, 0) is 26.5 Å². The third-order valence-corrected chi connectivity index (χ3v) is 3.64. The molecule has 1 heterocycles. The van der Waals surface area contributed by atoms with Crippen molar-refractivity contribution >= 4 is 11.6 Å². The molecule has 0 saturated carbocycles. The molecule has 0 saturated heterocycles. The summed E-state index contributed by atoms with van der Waals surface area (Å²) >= 11 is 6.27. The van der Waals surface area contributed by atoms with Crippen molar-refractivity contribution in [1.29, 1.82) is 0 Å². The van der Waals surface area contributed by atoms with Crippen LogP contribution < -0.4 is 4.74 Å². The van der Waals surface area contributed by atoms with Gasteiger partial charge in [-0.1, -0.05) is 30.7 Å². The van der Waals surface area contributed by atoms with Gasteiger partial charge in [0.1, 0.15) is 12.4 Å². The van der Waals surface area contributed by atoms with Crippen LogP contribution in [0.2, 0.25) is 5.02 Å². The molecule has 0 unspecified atom stereocenters. The van der Waals surface area contributed by atoms with Gasteiger partial charge in [0, 0.05) is 13.7 Å². The summed E-state index contributed by atoms with van der Waals surface area (Å²) in [5.41, 5.74) is 2.86. The van der Waals surface area contributed by atoms with Gasteiger partial charge in [-0.25, -0.2) is 0 Å².